The summed E-state index contributed by atoms with van der Waals surface area (Å²) in [6, 6.07) is 7.28. The Balaban J connectivity index is 1.62. The van der Waals surface area contributed by atoms with Crippen molar-refractivity contribution >= 4 is 29.1 Å². The van der Waals surface area contributed by atoms with Crippen molar-refractivity contribution in [2.45, 2.75) is 20.0 Å². The predicted molar refractivity (Wildman–Crippen MR) is 116 cm³/mol. The summed E-state index contributed by atoms with van der Waals surface area (Å²) in [5.41, 5.74) is 1.77. The van der Waals surface area contributed by atoms with Crippen molar-refractivity contribution in [3.63, 3.8) is 0 Å². The Morgan fingerprint density at radius 2 is 2.06 bits per heavy atom. The number of hydrogen-bond donors (Lipinski definition) is 2. The number of carbonyl (C=O) groups excluding carboxylic acids is 2. The number of nitrogens with one attached hydrogen (secondary N) is 2. The van der Waals surface area contributed by atoms with Crippen LogP contribution in [0.2, 0.25) is 5.02 Å². The summed E-state index contributed by atoms with van der Waals surface area (Å²) in [5.74, 6) is -0.627. The molecule has 31 heavy (non-hydrogen) atoms. The van der Waals surface area contributed by atoms with Crippen LogP contribution in [0.15, 0.2) is 30.3 Å². The molecule has 0 radical (unpaired) electrons. The molecule has 0 spiro atoms. The third kappa shape index (κ3) is 6.16. The molecule has 3 rings (SSSR count). The quantitative estimate of drug-likeness (QED) is 0.647. The van der Waals surface area contributed by atoms with E-state index >= 15 is 0 Å². The maximum atomic E-state index is 13.9. The highest BCUT2D eigenvalue weighted by atomic mass is 35.5. The van der Waals surface area contributed by atoms with Gasteiger partial charge in [0.25, 0.3) is 5.91 Å². The van der Waals surface area contributed by atoms with Gasteiger partial charge in [-0.05, 0) is 43.9 Å². The number of ether oxygens (including phenoxy) is 2. The lowest BCUT2D eigenvalue weighted by Gasteiger charge is -2.20. The molecule has 0 saturated carbocycles. The molecule has 0 aromatic heterocycles. The number of halogens is 2. The Hall–Kier alpha value is -2.68. The van der Waals surface area contributed by atoms with Crippen molar-refractivity contribution in [3.05, 3.63) is 57.9 Å². The predicted octanol–water partition coefficient (Wildman–Crippen LogP) is 3.21. The minimum absolute atomic E-state index is 0.0567. The largest absolute Gasteiger partial charge is 0.467 e. The highest BCUT2D eigenvalue weighted by Gasteiger charge is 2.19. The van der Waals surface area contributed by atoms with E-state index in [0.717, 1.165) is 13.1 Å². The van der Waals surface area contributed by atoms with Crippen LogP contribution in [0.1, 0.15) is 28.4 Å². The van der Waals surface area contributed by atoms with Gasteiger partial charge in [0.05, 0.1) is 23.6 Å². The van der Waals surface area contributed by atoms with E-state index in [1.807, 2.05) is 14.0 Å². The van der Waals surface area contributed by atoms with Crippen molar-refractivity contribution in [1.29, 1.82) is 0 Å². The second-order valence-corrected chi connectivity index (χ2v) is 7.64. The normalized spacial score (nSPS) is 12.8. The van der Waals surface area contributed by atoms with Gasteiger partial charge >= 0.3 is 0 Å². The van der Waals surface area contributed by atoms with E-state index in [0.29, 0.717) is 34.7 Å². The maximum absolute atomic E-state index is 13.9. The van der Waals surface area contributed by atoms with E-state index in [4.69, 9.17) is 21.1 Å². The molecule has 9 heteroatoms. The van der Waals surface area contributed by atoms with Gasteiger partial charge in [0, 0.05) is 29.9 Å². The van der Waals surface area contributed by atoms with Gasteiger partial charge in [-0.2, -0.15) is 0 Å². The molecule has 7 nitrogen and oxygen atoms in total. The monoisotopic (exact) mass is 449 g/mol. The van der Waals surface area contributed by atoms with Crippen LogP contribution in [0.5, 0.6) is 5.75 Å². The first-order valence-corrected chi connectivity index (χ1v) is 10.3. The van der Waals surface area contributed by atoms with E-state index < -0.39 is 5.82 Å². The summed E-state index contributed by atoms with van der Waals surface area (Å²) in [6.45, 7) is 4.45. The zero-order chi connectivity index (χ0) is 22.4. The van der Waals surface area contributed by atoms with Gasteiger partial charge in [0.1, 0.15) is 11.6 Å². The Labute approximate surface area is 185 Å². The summed E-state index contributed by atoms with van der Waals surface area (Å²) in [7, 11) is 1.97. The standard InChI is InChI=1S/C22H25ClFN3O4/c1-3-27(2)7-6-25-22(29)18-5-4-17(11-19(18)23)26-20(28)10-14-8-16(24)9-15-12-30-13-31-21(14)15/h4-5,8-9,11H,3,6-7,10,12-13H2,1-2H3,(H,25,29)(H,26,28). The smallest absolute Gasteiger partial charge is 0.252 e. The molecule has 0 atom stereocenters. The van der Waals surface area contributed by atoms with Crippen LogP contribution in [0, 0.1) is 5.82 Å². The van der Waals surface area contributed by atoms with Crippen LogP contribution in [-0.2, 0) is 22.6 Å². The molecule has 0 unspecified atom stereocenters. The molecular formula is C22H25ClFN3O4. The maximum Gasteiger partial charge on any atom is 0.252 e. The summed E-state index contributed by atoms with van der Waals surface area (Å²) in [6.07, 6.45) is -0.0785. The lowest BCUT2D eigenvalue weighted by Crippen LogP contribution is -2.33. The Morgan fingerprint density at radius 3 is 2.81 bits per heavy atom. The van der Waals surface area contributed by atoms with Crippen molar-refractivity contribution in [2.24, 2.45) is 0 Å². The number of amides is 2. The molecule has 1 aliphatic heterocycles. The number of carbonyl (C=O) groups is 2. The molecule has 1 heterocycles. The average Bonchev–Trinajstić information content (AvgIpc) is 2.73. The molecule has 2 amide bonds. The molecule has 2 N–H and O–H groups in total. The highest BCUT2D eigenvalue weighted by Crippen LogP contribution is 2.30. The molecule has 0 fully saturated rings. The van der Waals surface area contributed by atoms with E-state index in [1.54, 1.807) is 12.1 Å². The fourth-order valence-electron chi connectivity index (χ4n) is 3.16. The highest BCUT2D eigenvalue weighted by molar-refractivity contribution is 6.34. The van der Waals surface area contributed by atoms with Crippen LogP contribution < -0.4 is 15.4 Å². The van der Waals surface area contributed by atoms with Crippen LogP contribution in [0.25, 0.3) is 0 Å². The fourth-order valence-corrected chi connectivity index (χ4v) is 3.42. The molecule has 166 valence electrons. The van der Waals surface area contributed by atoms with Gasteiger partial charge in [0.2, 0.25) is 5.91 Å². The fraction of sp³-hybridized carbons (Fsp3) is 0.364. The number of rotatable bonds is 8. The Bertz CT molecular complexity index is 970. The molecular weight excluding hydrogens is 425 g/mol. The number of hydrogen-bond acceptors (Lipinski definition) is 5. The zero-order valence-corrected chi connectivity index (χ0v) is 18.2. The van der Waals surface area contributed by atoms with Crippen LogP contribution in [0.4, 0.5) is 10.1 Å². The second-order valence-electron chi connectivity index (χ2n) is 7.24. The topological polar surface area (TPSA) is 79.9 Å². The minimum Gasteiger partial charge on any atom is -0.467 e. The number of fused-ring (bicyclic) bond motifs is 1. The van der Waals surface area contributed by atoms with Crippen molar-refractivity contribution in [3.8, 4) is 5.75 Å². The first-order valence-electron chi connectivity index (χ1n) is 9.95. The van der Waals surface area contributed by atoms with Gasteiger partial charge in [-0.1, -0.05) is 18.5 Å². The van der Waals surface area contributed by atoms with Gasteiger partial charge in [-0.3, -0.25) is 9.59 Å². The van der Waals surface area contributed by atoms with Crippen molar-refractivity contribution < 1.29 is 23.5 Å². The van der Waals surface area contributed by atoms with Gasteiger partial charge < -0.3 is 25.0 Å². The number of benzene rings is 2. The van der Waals surface area contributed by atoms with E-state index in [-0.39, 0.29) is 36.7 Å². The molecule has 0 aliphatic carbocycles. The lowest BCUT2D eigenvalue weighted by molar-refractivity contribution is -0.115. The molecule has 0 bridgehead atoms. The summed E-state index contributed by atoms with van der Waals surface area (Å²) in [5, 5.41) is 5.76. The summed E-state index contributed by atoms with van der Waals surface area (Å²) >= 11 is 6.25. The second kappa shape index (κ2) is 10.6. The van der Waals surface area contributed by atoms with Crippen molar-refractivity contribution in [1.82, 2.24) is 10.2 Å². The Morgan fingerprint density at radius 1 is 1.26 bits per heavy atom. The molecule has 0 saturated heterocycles. The van der Waals surface area contributed by atoms with Crippen molar-refractivity contribution in [2.75, 3.05) is 38.8 Å². The SMILES string of the molecule is CCN(C)CCNC(=O)c1ccc(NC(=O)Cc2cc(F)cc3c2OCOC3)cc1Cl. The minimum atomic E-state index is -0.459. The summed E-state index contributed by atoms with van der Waals surface area (Å²) in [4.78, 5) is 26.9. The van der Waals surface area contributed by atoms with Gasteiger partial charge in [-0.15, -0.1) is 0 Å². The first-order chi connectivity index (χ1) is 14.9. The van der Waals surface area contributed by atoms with Crippen LogP contribution in [0.3, 0.4) is 0 Å². The summed E-state index contributed by atoms with van der Waals surface area (Å²) < 4.78 is 24.4. The molecule has 1 aliphatic rings. The zero-order valence-electron chi connectivity index (χ0n) is 17.5. The third-order valence-electron chi connectivity index (χ3n) is 4.92. The third-order valence-corrected chi connectivity index (χ3v) is 5.23. The van der Waals surface area contributed by atoms with Gasteiger partial charge in [0.15, 0.2) is 6.79 Å². The van der Waals surface area contributed by atoms with E-state index in [9.17, 15) is 14.0 Å². The first kappa shape index (κ1) is 23.0. The lowest BCUT2D eigenvalue weighted by atomic mass is 10.0. The van der Waals surface area contributed by atoms with Crippen LogP contribution >= 0.6 is 11.6 Å². The average molecular weight is 450 g/mol. The van der Waals surface area contributed by atoms with Gasteiger partial charge in [-0.25, -0.2) is 4.39 Å². The molecule has 2 aromatic rings. The number of anilines is 1. The number of likely N-dealkylation sites (N-methyl/N-ethyl adjacent to an activating group) is 1. The van der Waals surface area contributed by atoms with E-state index in [1.165, 1.54) is 18.2 Å². The molecule has 2 aromatic carbocycles. The van der Waals surface area contributed by atoms with Crippen LogP contribution in [-0.4, -0.2) is 50.2 Å². The van der Waals surface area contributed by atoms with E-state index in [2.05, 4.69) is 15.5 Å². The number of nitrogens with zero attached hydrogens (tertiary/aromatic N) is 1. The Kier molecular flexibility index (Phi) is 7.84.